The number of pyridine rings is 1. The third kappa shape index (κ3) is 2.78. The minimum absolute atomic E-state index is 0.0616. The Kier molecular flexibility index (Phi) is 3.97. The predicted molar refractivity (Wildman–Crippen MR) is 108 cm³/mol. The molecule has 1 atom stereocenters. The molecule has 5 rings (SSSR count). The molecular formula is C22H20N4O2. The second kappa shape index (κ2) is 6.64. The number of carbonyl (C=O) groups is 2. The molecular weight excluding hydrogens is 352 g/mol. The van der Waals surface area contributed by atoms with Crippen LogP contribution in [0, 0.1) is 0 Å². The van der Waals surface area contributed by atoms with Crippen molar-refractivity contribution in [1.82, 2.24) is 9.88 Å². The predicted octanol–water partition coefficient (Wildman–Crippen LogP) is 4.56. The van der Waals surface area contributed by atoms with Crippen molar-refractivity contribution in [2.24, 2.45) is 0 Å². The number of hydrogen-bond acceptors (Lipinski definition) is 3. The molecule has 3 amide bonds. The number of hydrogen-bond donors (Lipinski definition) is 2. The normalized spacial score (nSPS) is 17.9. The fourth-order valence-electron chi connectivity index (χ4n) is 4.25. The lowest BCUT2D eigenvalue weighted by molar-refractivity contribution is 0.0672. The minimum atomic E-state index is -0.363. The van der Waals surface area contributed by atoms with Crippen molar-refractivity contribution < 1.29 is 9.59 Å². The number of para-hydroxylation sites is 1. The van der Waals surface area contributed by atoms with Crippen LogP contribution in [0.15, 0.2) is 54.6 Å². The van der Waals surface area contributed by atoms with E-state index in [-0.39, 0.29) is 18.0 Å². The monoisotopic (exact) mass is 372 g/mol. The number of amides is 3. The summed E-state index contributed by atoms with van der Waals surface area (Å²) in [5.74, 6) is 0.555. The molecule has 6 nitrogen and oxygen atoms in total. The Morgan fingerprint density at radius 3 is 2.82 bits per heavy atom. The highest BCUT2D eigenvalue weighted by Crippen LogP contribution is 2.43. The van der Waals surface area contributed by atoms with Crippen LogP contribution in [0.25, 0.3) is 10.9 Å². The summed E-state index contributed by atoms with van der Waals surface area (Å²) in [6.45, 7) is 0.783. The Hall–Kier alpha value is -3.41. The Balaban J connectivity index is 1.39. The average Bonchev–Trinajstić information content (AvgIpc) is 3.01. The zero-order valence-corrected chi connectivity index (χ0v) is 15.3. The van der Waals surface area contributed by atoms with E-state index in [2.05, 4.69) is 15.6 Å². The first-order valence-corrected chi connectivity index (χ1v) is 9.58. The zero-order valence-electron chi connectivity index (χ0n) is 15.3. The van der Waals surface area contributed by atoms with Gasteiger partial charge >= 0.3 is 6.03 Å². The molecule has 1 saturated heterocycles. The van der Waals surface area contributed by atoms with Crippen LogP contribution in [0.5, 0.6) is 0 Å². The van der Waals surface area contributed by atoms with Crippen LogP contribution in [0.3, 0.4) is 0 Å². The van der Waals surface area contributed by atoms with Gasteiger partial charge in [-0.15, -0.1) is 0 Å². The van der Waals surface area contributed by atoms with Gasteiger partial charge in [0, 0.05) is 28.7 Å². The number of carbonyl (C=O) groups excluding carboxylic acids is 2. The van der Waals surface area contributed by atoms with E-state index in [0.29, 0.717) is 17.1 Å². The van der Waals surface area contributed by atoms with Gasteiger partial charge in [-0.2, -0.15) is 0 Å². The molecule has 0 saturated carbocycles. The van der Waals surface area contributed by atoms with Gasteiger partial charge in [-0.05, 0) is 49.6 Å². The molecule has 3 aromatic rings. The summed E-state index contributed by atoms with van der Waals surface area (Å²) in [6.07, 6.45) is 3.06. The van der Waals surface area contributed by atoms with Gasteiger partial charge in [0.2, 0.25) is 0 Å². The molecule has 0 bridgehead atoms. The largest absolute Gasteiger partial charge is 0.331 e. The number of piperidine rings is 1. The summed E-state index contributed by atoms with van der Waals surface area (Å²) in [7, 11) is 0. The van der Waals surface area contributed by atoms with Crippen LogP contribution in [-0.4, -0.2) is 28.4 Å². The van der Waals surface area contributed by atoms with Crippen LogP contribution in [0.1, 0.15) is 41.2 Å². The van der Waals surface area contributed by atoms with E-state index in [0.717, 1.165) is 42.3 Å². The first kappa shape index (κ1) is 16.7. The Morgan fingerprint density at radius 1 is 1.00 bits per heavy atom. The van der Waals surface area contributed by atoms with Crippen LogP contribution >= 0.6 is 0 Å². The molecule has 6 heteroatoms. The fraction of sp³-hybridized carbons (Fsp3) is 0.227. The van der Waals surface area contributed by atoms with Gasteiger partial charge in [0.25, 0.3) is 5.91 Å². The number of aromatic nitrogens is 1. The molecule has 2 aliphatic heterocycles. The number of rotatable bonds is 2. The number of urea groups is 1. The Labute approximate surface area is 162 Å². The Bertz CT molecular complexity index is 1090. The van der Waals surface area contributed by atoms with Crippen molar-refractivity contribution in [3.8, 4) is 0 Å². The van der Waals surface area contributed by atoms with E-state index in [4.69, 9.17) is 0 Å². The number of benzene rings is 2. The van der Waals surface area contributed by atoms with Gasteiger partial charge in [0.05, 0.1) is 11.6 Å². The SMILES string of the molecule is O=C(Nc1ccc2ccccc2n1)Nc1cccc2c1C1CCCCN1C2=O. The maximum Gasteiger partial charge on any atom is 0.324 e. The van der Waals surface area contributed by atoms with Gasteiger partial charge < -0.3 is 10.2 Å². The topological polar surface area (TPSA) is 74.3 Å². The maximum absolute atomic E-state index is 12.7. The fourth-order valence-corrected chi connectivity index (χ4v) is 4.25. The molecule has 1 fully saturated rings. The van der Waals surface area contributed by atoms with E-state index in [1.165, 1.54) is 0 Å². The van der Waals surface area contributed by atoms with Crippen molar-refractivity contribution in [3.05, 3.63) is 65.7 Å². The van der Waals surface area contributed by atoms with Crippen LogP contribution in [-0.2, 0) is 0 Å². The van der Waals surface area contributed by atoms with Crippen LogP contribution in [0.2, 0.25) is 0 Å². The van der Waals surface area contributed by atoms with E-state index in [1.54, 1.807) is 6.07 Å². The van der Waals surface area contributed by atoms with Gasteiger partial charge in [-0.1, -0.05) is 24.3 Å². The molecule has 3 heterocycles. The molecule has 2 aromatic carbocycles. The molecule has 140 valence electrons. The van der Waals surface area contributed by atoms with E-state index in [1.807, 2.05) is 53.4 Å². The molecule has 0 radical (unpaired) electrons. The zero-order chi connectivity index (χ0) is 19.1. The van der Waals surface area contributed by atoms with Crippen molar-refractivity contribution in [2.45, 2.75) is 25.3 Å². The first-order chi connectivity index (χ1) is 13.7. The number of nitrogens with zero attached hydrogens (tertiary/aromatic N) is 2. The maximum atomic E-state index is 12.7. The molecule has 0 spiro atoms. The summed E-state index contributed by atoms with van der Waals surface area (Å²) < 4.78 is 0. The molecule has 0 aliphatic carbocycles. The smallest absolute Gasteiger partial charge is 0.324 e. The number of nitrogens with one attached hydrogen (secondary N) is 2. The molecule has 1 aromatic heterocycles. The minimum Gasteiger partial charge on any atom is -0.331 e. The van der Waals surface area contributed by atoms with Gasteiger partial charge in [-0.3, -0.25) is 10.1 Å². The van der Waals surface area contributed by atoms with Gasteiger partial charge in [-0.25, -0.2) is 9.78 Å². The van der Waals surface area contributed by atoms with Crippen molar-refractivity contribution in [3.63, 3.8) is 0 Å². The van der Waals surface area contributed by atoms with Crippen LogP contribution < -0.4 is 10.6 Å². The van der Waals surface area contributed by atoms with E-state index in [9.17, 15) is 9.59 Å². The number of fused-ring (bicyclic) bond motifs is 4. The summed E-state index contributed by atoms with van der Waals surface area (Å²) in [4.78, 5) is 31.7. The van der Waals surface area contributed by atoms with Crippen molar-refractivity contribution in [2.75, 3.05) is 17.2 Å². The highest BCUT2D eigenvalue weighted by Gasteiger charge is 2.39. The second-order valence-electron chi connectivity index (χ2n) is 7.25. The highest BCUT2D eigenvalue weighted by atomic mass is 16.2. The van der Waals surface area contributed by atoms with E-state index >= 15 is 0 Å². The molecule has 2 aliphatic rings. The third-order valence-corrected chi connectivity index (χ3v) is 5.52. The summed E-state index contributed by atoms with van der Waals surface area (Å²) in [5, 5.41) is 6.74. The van der Waals surface area contributed by atoms with Crippen LogP contribution in [0.4, 0.5) is 16.3 Å². The molecule has 2 N–H and O–H groups in total. The van der Waals surface area contributed by atoms with Gasteiger partial charge in [0.1, 0.15) is 5.82 Å². The average molecular weight is 372 g/mol. The highest BCUT2D eigenvalue weighted by molar-refractivity contribution is 6.05. The standard InChI is InChI=1S/C22H20N4O2/c27-21-15-7-5-9-17(20(15)18-10-3-4-13-26(18)21)24-22(28)25-19-12-11-14-6-1-2-8-16(14)23-19/h1-2,5-9,11-12,18H,3-4,10,13H2,(H2,23,24,25,28). The lowest BCUT2D eigenvalue weighted by Gasteiger charge is -2.30. The second-order valence-corrected chi connectivity index (χ2v) is 7.25. The summed E-state index contributed by atoms with van der Waals surface area (Å²) in [5.41, 5.74) is 3.16. The lowest BCUT2D eigenvalue weighted by atomic mass is 9.96. The molecule has 1 unspecified atom stereocenters. The third-order valence-electron chi connectivity index (χ3n) is 5.52. The van der Waals surface area contributed by atoms with Crippen molar-refractivity contribution in [1.29, 1.82) is 0 Å². The Morgan fingerprint density at radius 2 is 1.89 bits per heavy atom. The van der Waals surface area contributed by atoms with Crippen molar-refractivity contribution >= 4 is 34.3 Å². The summed E-state index contributed by atoms with van der Waals surface area (Å²) in [6, 6.07) is 16.7. The lowest BCUT2D eigenvalue weighted by Crippen LogP contribution is -2.32. The summed E-state index contributed by atoms with van der Waals surface area (Å²) >= 11 is 0. The first-order valence-electron chi connectivity index (χ1n) is 9.58. The molecule has 28 heavy (non-hydrogen) atoms. The quantitative estimate of drug-likeness (QED) is 0.692. The van der Waals surface area contributed by atoms with Gasteiger partial charge in [0.15, 0.2) is 0 Å². The van der Waals surface area contributed by atoms with E-state index < -0.39 is 0 Å². The number of anilines is 2.